The number of methoxy groups -OCH3 is 1. The lowest BCUT2D eigenvalue weighted by molar-refractivity contribution is -0.126. The van der Waals surface area contributed by atoms with Crippen molar-refractivity contribution in [2.45, 2.75) is 25.0 Å². The molecule has 1 fully saturated rings. The number of anilines is 1. The van der Waals surface area contributed by atoms with Crippen LogP contribution in [-0.4, -0.2) is 50.6 Å². The maximum atomic E-state index is 13.7. The molecule has 9 heteroatoms. The number of nitrogens with one attached hydrogen (secondary N) is 2. The van der Waals surface area contributed by atoms with Crippen LogP contribution in [0.3, 0.4) is 0 Å². The Morgan fingerprint density at radius 1 is 1.03 bits per heavy atom. The molecule has 36 heavy (non-hydrogen) atoms. The van der Waals surface area contributed by atoms with Gasteiger partial charge in [0.25, 0.3) is 5.91 Å². The maximum Gasteiger partial charge on any atom is 0.287 e. The molecule has 0 saturated carbocycles. The van der Waals surface area contributed by atoms with Gasteiger partial charge >= 0.3 is 0 Å². The third-order valence-electron chi connectivity index (χ3n) is 5.91. The Hall–Kier alpha value is -4.11. The molecule has 2 heterocycles. The van der Waals surface area contributed by atoms with E-state index in [1.165, 1.54) is 24.3 Å². The number of para-hydroxylation sites is 2. The van der Waals surface area contributed by atoms with E-state index in [0.717, 1.165) is 12.8 Å². The van der Waals surface area contributed by atoms with E-state index in [-0.39, 0.29) is 24.3 Å². The molecule has 1 aliphatic rings. The van der Waals surface area contributed by atoms with Crippen molar-refractivity contribution in [2.24, 2.45) is 0 Å². The summed E-state index contributed by atoms with van der Waals surface area (Å²) in [4.78, 5) is 41.1. The molecule has 3 aromatic rings. The zero-order chi connectivity index (χ0) is 25.3. The smallest absolute Gasteiger partial charge is 0.287 e. The van der Waals surface area contributed by atoms with Gasteiger partial charge in [-0.1, -0.05) is 42.5 Å². The monoisotopic (exact) mass is 491 g/mol. The summed E-state index contributed by atoms with van der Waals surface area (Å²) in [5.74, 6) is -0.905. The number of carbonyl (C=O) groups excluding carboxylic acids is 3. The summed E-state index contributed by atoms with van der Waals surface area (Å²) in [6.45, 7) is 0.648. The molecule has 0 unspecified atom stereocenters. The first-order valence-corrected chi connectivity index (χ1v) is 11.8. The van der Waals surface area contributed by atoms with Gasteiger partial charge in [0.1, 0.15) is 11.8 Å². The molecular formula is C27H29N3O6. The van der Waals surface area contributed by atoms with E-state index in [4.69, 9.17) is 13.9 Å². The normalized spacial score (nSPS) is 15.6. The molecule has 0 spiro atoms. The Morgan fingerprint density at radius 2 is 1.81 bits per heavy atom. The zero-order valence-electron chi connectivity index (χ0n) is 20.0. The van der Waals surface area contributed by atoms with E-state index in [9.17, 15) is 14.4 Å². The molecule has 188 valence electrons. The quantitative estimate of drug-likeness (QED) is 0.451. The number of carbonyl (C=O) groups is 3. The van der Waals surface area contributed by atoms with Gasteiger partial charge in [0.05, 0.1) is 31.7 Å². The molecule has 0 radical (unpaired) electrons. The van der Waals surface area contributed by atoms with Gasteiger partial charge in [-0.05, 0) is 42.7 Å². The van der Waals surface area contributed by atoms with Crippen molar-refractivity contribution >= 4 is 23.4 Å². The number of benzene rings is 2. The van der Waals surface area contributed by atoms with Crippen LogP contribution < -0.4 is 20.3 Å². The van der Waals surface area contributed by atoms with Gasteiger partial charge in [-0.2, -0.15) is 0 Å². The number of furan rings is 1. The summed E-state index contributed by atoms with van der Waals surface area (Å²) in [6.07, 6.45) is 3.13. The summed E-state index contributed by atoms with van der Waals surface area (Å²) in [5.41, 5.74) is 1.01. The standard InChI is InChI=1S/C27H29N3O6/c1-34-22-13-6-5-12-21(22)30(24(31)18-29-26(32)23-14-8-16-36-23)25(19-9-3-2-4-10-19)27(33)28-17-20-11-7-15-35-20/h2-6,8-10,12-14,16,20,25H,7,11,15,17-18H2,1H3,(H,28,33)(H,29,32)/t20-,25+/m1/s1. The SMILES string of the molecule is COc1ccccc1N(C(=O)CNC(=O)c1ccco1)[C@H](C(=O)NC[C@H]1CCCO1)c1ccccc1. The van der Waals surface area contributed by atoms with E-state index in [0.29, 0.717) is 30.2 Å². The van der Waals surface area contributed by atoms with E-state index >= 15 is 0 Å². The van der Waals surface area contributed by atoms with Gasteiger partial charge in [0.2, 0.25) is 11.8 Å². The van der Waals surface area contributed by atoms with Crippen LogP contribution in [-0.2, 0) is 14.3 Å². The van der Waals surface area contributed by atoms with Gasteiger partial charge in [-0.25, -0.2) is 0 Å². The number of ether oxygens (including phenoxy) is 2. The number of hydrogen-bond acceptors (Lipinski definition) is 6. The fraction of sp³-hybridized carbons (Fsp3) is 0.296. The summed E-state index contributed by atoms with van der Waals surface area (Å²) < 4.78 is 16.3. The van der Waals surface area contributed by atoms with Gasteiger partial charge in [0.15, 0.2) is 5.76 Å². The molecule has 1 aliphatic heterocycles. The van der Waals surface area contributed by atoms with Crippen molar-refractivity contribution in [1.82, 2.24) is 10.6 Å². The van der Waals surface area contributed by atoms with Gasteiger partial charge in [-0.15, -0.1) is 0 Å². The van der Waals surface area contributed by atoms with Crippen molar-refractivity contribution in [2.75, 3.05) is 31.7 Å². The fourth-order valence-corrected chi connectivity index (χ4v) is 4.15. The Morgan fingerprint density at radius 3 is 2.50 bits per heavy atom. The zero-order valence-corrected chi connectivity index (χ0v) is 20.0. The molecular weight excluding hydrogens is 462 g/mol. The summed E-state index contributed by atoms with van der Waals surface area (Å²) in [5, 5.41) is 5.53. The highest BCUT2D eigenvalue weighted by atomic mass is 16.5. The van der Waals surface area contributed by atoms with Crippen LogP contribution in [0.5, 0.6) is 5.75 Å². The minimum Gasteiger partial charge on any atom is -0.495 e. The number of amides is 3. The highest BCUT2D eigenvalue weighted by molar-refractivity contribution is 6.05. The summed E-state index contributed by atoms with van der Waals surface area (Å²) in [7, 11) is 1.50. The molecule has 2 N–H and O–H groups in total. The first-order chi connectivity index (χ1) is 17.6. The molecule has 2 atom stereocenters. The summed E-state index contributed by atoms with van der Waals surface area (Å²) >= 11 is 0. The minimum absolute atomic E-state index is 0.0617. The minimum atomic E-state index is -1.02. The lowest BCUT2D eigenvalue weighted by Gasteiger charge is -2.32. The van der Waals surface area contributed by atoms with Crippen molar-refractivity contribution in [3.63, 3.8) is 0 Å². The molecule has 0 aliphatic carbocycles. The lowest BCUT2D eigenvalue weighted by atomic mass is 10.0. The third kappa shape index (κ3) is 5.92. The van der Waals surface area contributed by atoms with Gasteiger partial charge in [-0.3, -0.25) is 19.3 Å². The van der Waals surface area contributed by atoms with Crippen molar-refractivity contribution < 1.29 is 28.3 Å². The second-order valence-corrected chi connectivity index (χ2v) is 8.29. The van der Waals surface area contributed by atoms with E-state index in [1.54, 1.807) is 54.6 Å². The van der Waals surface area contributed by atoms with Crippen LogP contribution in [0.1, 0.15) is 35.0 Å². The predicted molar refractivity (Wildman–Crippen MR) is 133 cm³/mol. The second kappa shape index (κ2) is 12.0. The third-order valence-corrected chi connectivity index (χ3v) is 5.91. The van der Waals surface area contributed by atoms with Crippen LogP contribution in [0.4, 0.5) is 5.69 Å². The Labute approximate surface area is 209 Å². The molecule has 2 aromatic carbocycles. The lowest BCUT2D eigenvalue weighted by Crippen LogP contribution is -2.48. The van der Waals surface area contributed by atoms with Crippen LogP contribution >= 0.6 is 0 Å². The molecule has 4 rings (SSSR count). The Bertz CT molecular complexity index is 1160. The molecule has 1 saturated heterocycles. The molecule has 9 nitrogen and oxygen atoms in total. The highest BCUT2D eigenvalue weighted by Gasteiger charge is 2.35. The van der Waals surface area contributed by atoms with Crippen molar-refractivity contribution in [3.8, 4) is 5.75 Å². The molecule has 1 aromatic heterocycles. The van der Waals surface area contributed by atoms with Crippen molar-refractivity contribution in [3.05, 3.63) is 84.3 Å². The fourth-order valence-electron chi connectivity index (χ4n) is 4.15. The Kier molecular flexibility index (Phi) is 8.36. The van der Waals surface area contributed by atoms with E-state index < -0.39 is 17.9 Å². The number of rotatable bonds is 10. The largest absolute Gasteiger partial charge is 0.495 e. The van der Waals surface area contributed by atoms with Crippen LogP contribution in [0.25, 0.3) is 0 Å². The second-order valence-electron chi connectivity index (χ2n) is 8.29. The molecule has 3 amide bonds. The number of nitrogens with zero attached hydrogens (tertiary/aromatic N) is 1. The maximum absolute atomic E-state index is 13.7. The van der Waals surface area contributed by atoms with Crippen LogP contribution in [0.2, 0.25) is 0 Å². The Balaban J connectivity index is 1.66. The van der Waals surface area contributed by atoms with E-state index in [2.05, 4.69) is 10.6 Å². The topological polar surface area (TPSA) is 110 Å². The van der Waals surface area contributed by atoms with Gasteiger partial charge in [0, 0.05) is 13.2 Å². The average Bonchev–Trinajstić information content (AvgIpc) is 3.64. The first-order valence-electron chi connectivity index (χ1n) is 11.8. The van der Waals surface area contributed by atoms with E-state index in [1.807, 2.05) is 6.07 Å². The van der Waals surface area contributed by atoms with Gasteiger partial charge < -0.3 is 24.5 Å². The van der Waals surface area contributed by atoms with Crippen molar-refractivity contribution in [1.29, 1.82) is 0 Å². The number of hydrogen-bond donors (Lipinski definition) is 2. The summed E-state index contributed by atoms with van der Waals surface area (Å²) in [6, 6.07) is 18.0. The van der Waals surface area contributed by atoms with Crippen LogP contribution in [0, 0.1) is 0 Å². The molecule has 0 bridgehead atoms. The van der Waals surface area contributed by atoms with Crippen LogP contribution in [0.15, 0.2) is 77.4 Å². The first kappa shape index (κ1) is 25.0. The highest BCUT2D eigenvalue weighted by Crippen LogP contribution is 2.35. The predicted octanol–water partition coefficient (Wildman–Crippen LogP) is 3.09. The average molecular weight is 492 g/mol.